The smallest absolute Gasteiger partial charge is 0.251 e. The zero-order valence-electron chi connectivity index (χ0n) is 16.4. The SMILES string of the molecule is CC1C=C(C(=O)NC2CCCCC2)C=CN1.CCC.CCCOC. The molecule has 1 heterocycles. The highest BCUT2D eigenvalue weighted by molar-refractivity contribution is 5.96. The van der Waals surface area contributed by atoms with E-state index in [-0.39, 0.29) is 11.9 Å². The number of nitrogens with one attached hydrogen (secondary N) is 2. The molecule has 0 radical (unpaired) electrons. The quantitative estimate of drug-likeness (QED) is 0.802. The zero-order valence-corrected chi connectivity index (χ0v) is 16.4. The Morgan fingerprint density at radius 3 is 2.33 bits per heavy atom. The van der Waals surface area contributed by atoms with Crippen molar-refractivity contribution in [3.8, 4) is 0 Å². The molecule has 4 heteroatoms. The van der Waals surface area contributed by atoms with Crippen LogP contribution in [0.15, 0.2) is 23.9 Å². The van der Waals surface area contributed by atoms with Crippen molar-refractivity contribution in [3.63, 3.8) is 0 Å². The lowest BCUT2D eigenvalue weighted by molar-refractivity contribution is -0.118. The molecule has 1 amide bonds. The van der Waals surface area contributed by atoms with Crippen LogP contribution in [0.3, 0.4) is 0 Å². The van der Waals surface area contributed by atoms with Gasteiger partial charge in [-0.2, -0.15) is 0 Å². The third kappa shape index (κ3) is 11.3. The Morgan fingerprint density at radius 2 is 1.88 bits per heavy atom. The van der Waals surface area contributed by atoms with Crippen LogP contribution < -0.4 is 10.6 Å². The van der Waals surface area contributed by atoms with Gasteiger partial charge in [0.05, 0.1) is 0 Å². The van der Waals surface area contributed by atoms with Gasteiger partial charge in [0, 0.05) is 31.4 Å². The largest absolute Gasteiger partial charge is 0.385 e. The summed E-state index contributed by atoms with van der Waals surface area (Å²) in [5.74, 6) is 0.0801. The highest BCUT2D eigenvalue weighted by Gasteiger charge is 2.18. The predicted octanol–water partition coefficient (Wildman–Crippen LogP) is 4.33. The summed E-state index contributed by atoms with van der Waals surface area (Å²) in [5.41, 5.74) is 0.789. The number of carbonyl (C=O) groups is 1. The summed E-state index contributed by atoms with van der Waals surface area (Å²) < 4.78 is 4.69. The average Bonchev–Trinajstić information content (AvgIpc) is 2.58. The summed E-state index contributed by atoms with van der Waals surface area (Å²) >= 11 is 0. The molecule has 0 aromatic rings. The number of amides is 1. The number of dihydropyridines is 1. The highest BCUT2D eigenvalue weighted by atomic mass is 16.5. The number of hydrogen-bond acceptors (Lipinski definition) is 3. The zero-order chi connectivity index (χ0) is 18.2. The van der Waals surface area contributed by atoms with Crippen LogP contribution >= 0.6 is 0 Å². The van der Waals surface area contributed by atoms with Crippen molar-refractivity contribution in [2.75, 3.05) is 13.7 Å². The molecule has 0 spiro atoms. The van der Waals surface area contributed by atoms with E-state index in [1.54, 1.807) is 7.11 Å². The molecular weight excluding hydrogens is 300 g/mol. The van der Waals surface area contributed by atoms with Crippen LogP contribution in [0.25, 0.3) is 0 Å². The van der Waals surface area contributed by atoms with Crippen molar-refractivity contribution in [1.29, 1.82) is 0 Å². The summed E-state index contributed by atoms with van der Waals surface area (Å²) in [6, 6.07) is 0.637. The van der Waals surface area contributed by atoms with Crippen LogP contribution in [0.1, 0.15) is 72.6 Å². The van der Waals surface area contributed by atoms with Gasteiger partial charge in [-0.15, -0.1) is 0 Å². The van der Waals surface area contributed by atoms with Crippen molar-refractivity contribution in [3.05, 3.63) is 23.9 Å². The van der Waals surface area contributed by atoms with Crippen molar-refractivity contribution < 1.29 is 9.53 Å². The van der Waals surface area contributed by atoms with Crippen molar-refractivity contribution in [2.24, 2.45) is 0 Å². The minimum absolute atomic E-state index is 0.0801. The van der Waals surface area contributed by atoms with Gasteiger partial charge in [0.15, 0.2) is 0 Å². The van der Waals surface area contributed by atoms with E-state index in [9.17, 15) is 4.79 Å². The predicted molar refractivity (Wildman–Crippen MR) is 103 cm³/mol. The Balaban J connectivity index is 0.000000559. The monoisotopic (exact) mass is 338 g/mol. The van der Waals surface area contributed by atoms with Crippen LogP contribution in [0.5, 0.6) is 0 Å². The van der Waals surface area contributed by atoms with Gasteiger partial charge in [0.1, 0.15) is 0 Å². The third-order valence-electron chi connectivity index (χ3n) is 3.66. The summed E-state index contributed by atoms with van der Waals surface area (Å²) in [4.78, 5) is 12.0. The summed E-state index contributed by atoms with van der Waals surface area (Å²) in [6.45, 7) is 9.26. The Bertz CT molecular complexity index is 370. The minimum Gasteiger partial charge on any atom is -0.385 e. The molecular formula is C20H38N2O2. The van der Waals surface area contributed by atoms with E-state index >= 15 is 0 Å². The first-order chi connectivity index (χ1) is 11.6. The average molecular weight is 339 g/mol. The first-order valence-corrected chi connectivity index (χ1v) is 9.53. The van der Waals surface area contributed by atoms with Gasteiger partial charge in [0.25, 0.3) is 5.91 Å². The Hall–Kier alpha value is -1.29. The standard InChI is InChI=1S/C13H20N2O.C4H10O.C3H8/c1-10-9-11(7-8-14-10)13(16)15-12-5-3-2-4-6-12;1-3-4-5-2;1-3-2/h7-10,12,14H,2-6H2,1H3,(H,15,16);3-4H2,1-2H3;3H2,1-2H3. The van der Waals surface area contributed by atoms with Gasteiger partial charge in [-0.1, -0.05) is 46.5 Å². The van der Waals surface area contributed by atoms with Gasteiger partial charge in [-0.25, -0.2) is 0 Å². The molecule has 0 aromatic carbocycles. The first kappa shape index (κ1) is 22.7. The fourth-order valence-corrected chi connectivity index (χ4v) is 2.53. The van der Waals surface area contributed by atoms with Gasteiger partial charge in [0.2, 0.25) is 0 Å². The maximum Gasteiger partial charge on any atom is 0.251 e. The Kier molecular flexibility index (Phi) is 14.4. The van der Waals surface area contributed by atoms with Gasteiger partial charge in [-0.3, -0.25) is 4.79 Å². The van der Waals surface area contributed by atoms with Gasteiger partial charge < -0.3 is 15.4 Å². The highest BCUT2D eigenvalue weighted by Crippen LogP contribution is 2.18. The molecule has 1 atom stereocenters. The second-order valence-corrected chi connectivity index (χ2v) is 6.42. The number of rotatable bonds is 4. The van der Waals surface area contributed by atoms with E-state index in [2.05, 4.69) is 31.4 Å². The number of carbonyl (C=O) groups excluding carboxylic acids is 1. The molecule has 0 bridgehead atoms. The van der Waals surface area contributed by atoms with Crippen LogP contribution in [0, 0.1) is 0 Å². The molecule has 2 aliphatic rings. The molecule has 1 aliphatic carbocycles. The fourth-order valence-electron chi connectivity index (χ4n) is 2.53. The third-order valence-corrected chi connectivity index (χ3v) is 3.66. The van der Waals surface area contributed by atoms with E-state index < -0.39 is 0 Å². The lowest BCUT2D eigenvalue weighted by Crippen LogP contribution is -2.38. The second-order valence-electron chi connectivity index (χ2n) is 6.42. The summed E-state index contributed by atoms with van der Waals surface area (Å²) in [7, 11) is 1.71. The normalized spacial score (nSPS) is 19.7. The Morgan fingerprint density at radius 1 is 1.25 bits per heavy atom. The lowest BCUT2D eigenvalue weighted by atomic mass is 9.95. The van der Waals surface area contributed by atoms with Crippen LogP contribution in [-0.2, 0) is 9.53 Å². The van der Waals surface area contributed by atoms with Gasteiger partial charge in [-0.05, 0) is 44.5 Å². The molecule has 1 unspecified atom stereocenters. The number of methoxy groups -OCH3 is 1. The molecule has 0 saturated heterocycles. The molecule has 1 aliphatic heterocycles. The van der Waals surface area contributed by atoms with Gasteiger partial charge >= 0.3 is 0 Å². The van der Waals surface area contributed by atoms with E-state index in [1.165, 1.54) is 25.7 Å². The van der Waals surface area contributed by atoms with Crippen molar-refractivity contribution in [2.45, 2.75) is 84.7 Å². The van der Waals surface area contributed by atoms with Crippen molar-refractivity contribution >= 4 is 5.91 Å². The molecule has 2 N–H and O–H groups in total. The maximum atomic E-state index is 12.0. The summed E-state index contributed by atoms with van der Waals surface area (Å²) in [5, 5.41) is 6.26. The van der Waals surface area contributed by atoms with Crippen LogP contribution in [-0.4, -0.2) is 31.7 Å². The lowest BCUT2D eigenvalue weighted by Gasteiger charge is -2.23. The van der Waals surface area contributed by atoms with Crippen LogP contribution in [0.4, 0.5) is 0 Å². The molecule has 1 fully saturated rings. The van der Waals surface area contributed by atoms with E-state index in [4.69, 9.17) is 4.74 Å². The van der Waals surface area contributed by atoms with E-state index in [1.807, 2.05) is 25.3 Å². The van der Waals surface area contributed by atoms with E-state index in [0.717, 1.165) is 31.4 Å². The Labute approximate surface area is 149 Å². The molecule has 1 saturated carbocycles. The number of hydrogen-bond donors (Lipinski definition) is 2. The minimum atomic E-state index is 0.0801. The molecule has 24 heavy (non-hydrogen) atoms. The first-order valence-electron chi connectivity index (χ1n) is 9.53. The number of ether oxygens (including phenoxy) is 1. The second kappa shape index (κ2) is 15.3. The van der Waals surface area contributed by atoms with E-state index in [0.29, 0.717) is 6.04 Å². The maximum absolute atomic E-state index is 12.0. The van der Waals surface area contributed by atoms with Crippen LogP contribution in [0.2, 0.25) is 0 Å². The fraction of sp³-hybridized carbons (Fsp3) is 0.750. The summed E-state index contributed by atoms with van der Waals surface area (Å²) in [6.07, 6.45) is 14.1. The topological polar surface area (TPSA) is 50.4 Å². The molecule has 2 rings (SSSR count). The molecule has 4 nitrogen and oxygen atoms in total. The van der Waals surface area contributed by atoms with Crippen molar-refractivity contribution in [1.82, 2.24) is 10.6 Å². The molecule has 140 valence electrons. The molecule has 0 aromatic heterocycles.